The third kappa shape index (κ3) is 5.88. The van der Waals surface area contributed by atoms with E-state index in [0.29, 0.717) is 17.3 Å². The lowest BCUT2D eigenvalue weighted by molar-refractivity contribution is -0.0281. The predicted octanol–water partition coefficient (Wildman–Crippen LogP) is 3.83. The number of ether oxygens (including phenoxy) is 2. The van der Waals surface area contributed by atoms with Crippen molar-refractivity contribution in [2.24, 2.45) is 0 Å². The van der Waals surface area contributed by atoms with Crippen molar-refractivity contribution in [2.75, 3.05) is 13.2 Å². The van der Waals surface area contributed by atoms with Crippen LogP contribution in [0, 0.1) is 0 Å². The van der Waals surface area contributed by atoms with Crippen molar-refractivity contribution in [3.8, 4) is 0 Å². The minimum absolute atomic E-state index is 0.199. The molecule has 0 aliphatic rings. The molecule has 1 rings (SSSR count). The Labute approximate surface area is 125 Å². The summed E-state index contributed by atoms with van der Waals surface area (Å²) < 4.78 is 10.6. The topological polar surface area (TPSA) is 48.4 Å². The fourth-order valence-electron chi connectivity index (χ4n) is 1.50. The molecule has 0 saturated heterocycles. The van der Waals surface area contributed by atoms with E-state index in [9.17, 15) is 4.79 Å². The summed E-state index contributed by atoms with van der Waals surface area (Å²) >= 11 is 5.92. The lowest BCUT2D eigenvalue weighted by Crippen LogP contribution is -2.22. The van der Waals surface area contributed by atoms with Crippen LogP contribution in [0.25, 0.3) is 0 Å². The van der Waals surface area contributed by atoms with E-state index in [2.05, 4.69) is 4.98 Å². The summed E-state index contributed by atoms with van der Waals surface area (Å²) in [4.78, 5) is 16.1. The van der Waals surface area contributed by atoms with Crippen molar-refractivity contribution in [1.82, 2.24) is 4.98 Å². The molecule has 5 heteroatoms. The Hall–Kier alpha value is -1.13. The summed E-state index contributed by atoms with van der Waals surface area (Å²) in [5, 5.41) is 0.300. The summed E-state index contributed by atoms with van der Waals surface area (Å²) in [7, 11) is 0. The van der Waals surface area contributed by atoms with Gasteiger partial charge in [0.15, 0.2) is 0 Å². The van der Waals surface area contributed by atoms with Crippen LogP contribution in [-0.4, -0.2) is 29.8 Å². The summed E-state index contributed by atoms with van der Waals surface area (Å²) in [6.07, 6.45) is 0. The molecule has 0 aliphatic heterocycles. The van der Waals surface area contributed by atoms with Crippen LogP contribution in [0.5, 0.6) is 0 Å². The van der Waals surface area contributed by atoms with Crippen molar-refractivity contribution in [3.63, 3.8) is 0 Å². The molecule has 1 heterocycles. The Morgan fingerprint density at radius 1 is 1.30 bits per heavy atom. The van der Waals surface area contributed by atoms with Gasteiger partial charge in [0.1, 0.15) is 11.8 Å². The second-order valence-electron chi connectivity index (χ2n) is 5.85. The number of esters is 1. The zero-order valence-electron chi connectivity index (χ0n) is 12.7. The second-order valence-corrected chi connectivity index (χ2v) is 6.24. The third-order valence-corrected chi connectivity index (χ3v) is 2.69. The van der Waals surface area contributed by atoms with E-state index in [4.69, 9.17) is 21.1 Å². The molecule has 20 heavy (non-hydrogen) atoms. The molecule has 112 valence electrons. The third-order valence-electron chi connectivity index (χ3n) is 2.49. The first-order valence-corrected chi connectivity index (χ1v) is 7.05. The Bertz CT molecular complexity index is 467. The van der Waals surface area contributed by atoms with E-state index in [1.165, 1.54) is 6.07 Å². The molecule has 0 aliphatic carbocycles. The fourth-order valence-corrected chi connectivity index (χ4v) is 1.71. The zero-order chi connectivity index (χ0) is 15.3. The summed E-state index contributed by atoms with van der Waals surface area (Å²) in [6, 6.07) is 3.23. The molecule has 0 atom stereocenters. The lowest BCUT2D eigenvalue weighted by atomic mass is 10.1. The Balaban J connectivity index is 2.59. The smallest absolute Gasteiger partial charge is 0.338 e. The highest BCUT2D eigenvalue weighted by atomic mass is 35.5. The number of rotatable bonds is 5. The van der Waals surface area contributed by atoms with Gasteiger partial charge in [-0.25, -0.2) is 9.78 Å². The number of aromatic nitrogens is 1. The highest BCUT2D eigenvalue weighted by Crippen LogP contribution is 2.18. The number of halogens is 1. The summed E-state index contributed by atoms with van der Waals surface area (Å²) in [5.74, 6) is -0.210. The van der Waals surface area contributed by atoms with E-state index in [1.807, 2.05) is 34.6 Å². The molecule has 4 nitrogen and oxygen atoms in total. The number of carbonyl (C=O) groups is 1. The SMILES string of the molecule is CC(C)c1cc(C(=O)OCCOC(C)(C)C)cc(Cl)n1. The lowest BCUT2D eigenvalue weighted by Gasteiger charge is -2.19. The predicted molar refractivity (Wildman–Crippen MR) is 79.3 cm³/mol. The van der Waals surface area contributed by atoms with E-state index in [0.717, 1.165) is 5.69 Å². The average molecular weight is 300 g/mol. The fraction of sp³-hybridized carbons (Fsp3) is 0.600. The molecule has 0 radical (unpaired) electrons. The number of nitrogens with zero attached hydrogens (tertiary/aromatic N) is 1. The first kappa shape index (κ1) is 16.9. The molecule has 0 bridgehead atoms. The molecule has 0 unspecified atom stereocenters. The van der Waals surface area contributed by atoms with Gasteiger partial charge in [-0.15, -0.1) is 0 Å². The van der Waals surface area contributed by atoms with Crippen LogP contribution in [0.1, 0.15) is 56.6 Å². The highest BCUT2D eigenvalue weighted by Gasteiger charge is 2.14. The van der Waals surface area contributed by atoms with Crippen molar-refractivity contribution < 1.29 is 14.3 Å². The van der Waals surface area contributed by atoms with Crippen LogP contribution < -0.4 is 0 Å². The molecule has 0 saturated carbocycles. The molecule has 0 spiro atoms. The maximum absolute atomic E-state index is 11.9. The maximum Gasteiger partial charge on any atom is 0.338 e. The van der Waals surface area contributed by atoms with Crippen LogP contribution in [0.15, 0.2) is 12.1 Å². The van der Waals surface area contributed by atoms with E-state index < -0.39 is 5.97 Å². The number of hydrogen-bond acceptors (Lipinski definition) is 4. The van der Waals surface area contributed by atoms with Crippen molar-refractivity contribution in [3.05, 3.63) is 28.5 Å². The maximum atomic E-state index is 11.9. The van der Waals surface area contributed by atoms with Crippen LogP contribution in [-0.2, 0) is 9.47 Å². The van der Waals surface area contributed by atoms with Gasteiger partial charge in [0, 0.05) is 5.69 Å². The zero-order valence-corrected chi connectivity index (χ0v) is 13.5. The summed E-state index contributed by atoms with van der Waals surface area (Å²) in [5.41, 5.74) is 0.955. The monoisotopic (exact) mass is 299 g/mol. The molecule has 0 amide bonds. The Kier molecular flexibility index (Phi) is 5.96. The molecular formula is C15H22ClNO3. The van der Waals surface area contributed by atoms with Gasteiger partial charge in [-0.1, -0.05) is 25.4 Å². The largest absolute Gasteiger partial charge is 0.460 e. The number of hydrogen-bond donors (Lipinski definition) is 0. The van der Waals surface area contributed by atoms with Crippen LogP contribution in [0.3, 0.4) is 0 Å². The van der Waals surface area contributed by atoms with Gasteiger partial charge in [0.2, 0.25) is 0 Å². The first-order valence-electron chi connectivity index (χ1n) is 6.67. The number of pyridine rings is 1. The summed E-state index contributed by atoms with van der Waals surface area (Å²) in [6.45, 7) is 10.4. The molecule has 1 aromatic heterocycles. The van der Waals surface area contributed by atoms with Gasteiger partial charge in [0.05, 0.1) is 17.8 Å². The van der Waals surface area contributed by atoms with Gasteiger partial charge in [-0.05, 0) is 38.8 Å². The standard InChI is InChI=1S/C15H22ClNO3/c1-10(2)12-8-11(9-13(16)17-12)14(18)19-6-7-20-15(3,4)5/h8-10H,6-7H2,1-5H3. The second kappa shape index (κ2) is 7.04. The van der Waals surface area contributed by atoms with Gasteiger partial charge >= 0.3 is 5.97 Å². The molecule has 0 aromatic carbocycles. The van der Waals surface area contributed by atoms with Crippen LogP contribution in [0.2, 0.25) is 5.15 Å². The molecule has 0 N–H and O–H groups in total. The van der Waals surface area contributed by atoms with Gasteiger partial charge < -0.3 is 9.47 Å². The van der Waals surface area contributed by atoms with Crippen molar-refractivity contribution >= 4 is 17.6 Å². The van der Waals surface area contributed by atoms with Crippen LogP contribution in [0.4, 0.5) is 0 Å². The van der Waals surface area contributed by atoms with E-state index in [-0.39, 0.29) is 18.1 Å². The van der Waals surface area contributed by atoms with Gasteiger partial charge in [-0.3, -0.25) is 0 Å². The molecular weight excluding hydrogens is 278 g/mol. The van der Waals surface area contributed by atoms with Gasteiger partial charge in [-0.2, -0.15) is 0 Å². The average Bonchev–Trinajstić information content (AvgIpc) is 2.32. The van der Waals surface area contributed by atoms with E-state index >= 15 is 0 Å². The Morgan fingerprint density at radius 3 is 2.50 bits per heavy atom. The first-order chi connectivity index (χ1) is 9.19. The molecule has 1 aromatic rings. The quantitative estimate of drug-likeness (QED) is 0.471. The molecule has 0 fully saturated rings. The normalized spacial score (nSPS) is 11.8. The number of carbonyl (C=O) groups excluding carboxylic acids is 1. The minimum atomic E-state index is -0.409. The van der Waals surface area contributed by atoms with Crippen LogP contribution >= 0.6 is 11.6 Å². The Morgan fingerprint density at radius 2 is 1.95 bits per heavy atom. The van der Waals surface area contributed by atoms with Crippen molar-refractivity contribution in [2.45, 2.75) is 46.1 Å². The van der Waals surface area contributed by atoms with Crippen molar-refractivity contribution in [1.29, 1.82) is 0 Å². The highest BCUT2D eigenvalue weighted by molar-refractivity contribution is 6.29. The van der Waals surface area contributed by atoms with E-state index in [1.54, 1.807) is 6.07 Å². The van der Waals surface area contributed by atoms with Gasteiger partial charge in [0.25, 0.3) is 0 Å². The minimum Gasteiger partial charge on any atom is -0.460 e.